The van der Waals surface area contributed by atoms with Crippen molar-refractivity contribution in [3.8, 4) is 0 Å². The lowest BCUT2D eigenvalue weighted by Crippen LogP contribution is -2.57. The van der Waals surface area contributed by atoms with Crippen LogP contribution in [0.1, 0.15) is 18.4 Å². The van der Waals surface area contributed by atoms with Crippen LogP contribution in [0.3, 0.4) is 0 Å². The van der Waals surface area contributed by atoms with Crippen molar-refractivity contribution < 1.29 is 0 Å². The van der Waals surface area contributed by atoms with Crippen LogP contribution >= 0.6 is 0 Å². The van der Waals surface area contributed by atoms with Crippen molar-refractivity contribution in [2.75, 3.05) is 37.6 Å². The fourth-order valence-electron chi connectivity index (χ4n) is 4.00. The number of nitrogens with one attached hydrogen (secondary N) is 1. The minimum absolute atomic E-state index is 0.639. The molecule has 0 unspecified atom stereocenters. The van der Waals surface area contributed by atoms with Gasteiger partial charge in [0.2, 0.25) is 0 Å². The number of hydrogen-bond acceptors (Lipinski definition) is 3. The molecule has 0 bridgehead atoms. The monoisotopic (exact) mass is 257 g/mol. The lowest BCUT2D eigenvalue weighted by molar-refractivity contribution is 0.175. The highest BCUT2D eigenvalue weighted by atomic mass is 15.3. The molecular formula is C16H23N3. The molecule has 3 nitrogen and oxygen atoms in total. The van der Waals surface area contributed by atoms with Crippen molar-refractivity contribution >= 4 is 5.69 Å². The SMILES string of the molecule is c1ccc2c(c1)CCN2C[C@@H]1CN2CCC[C@@H]2CN1. The number of nitrogens with zero attached hydrogens (tertiary/aromatic N) is 2. The Morgan fingerprint density at radius 2 is 2.16 bits per heavy atom. The number of piperazine rings is 1. The number of hydrogen-bond donors (Lipinski definition) is 1. The predicted molar refractivity (Wildman–Crippen MR) is 78.7 cm³/mol. The summed E-state index contributed by atoms with van der Waals surface area (Å²) < 4.78 is 0. The van der Waals surface area contributed by atoms with Gasteiger partial charge in [-0.2, -0.15) is 0 Å². The summed E-state index contributed by atoms with van der Waals surface area (Å²) in [7, 11) is 0. The van der Waals surface area contributed by atoms with E-state index in [9.17, 15) is 0 Å². The second-order valence-corrected chi connectivity index (χ2v) is 6.22. The molecule has 2 saturated heterocycles. The zero-order valence-corrected chi connectivity index (χ0v) is 11.5. The van der Waals surface area contributed by atoms with Crippen LogP contribution in [0.5, 0.6) is 0 Å². The topological polar surface area (TPSA) is 18.5 Å². The zero-order chi connectivity index (χ0) is 12.7. The summed E-state index contributed by atoms with van der Waals surface area (Å²) in [6.07, 6.45) is 4.01. The summed E-state index contributed by atoms with van der Waals surface area (Å²) in [4.78, 5) is 5.27. The average molecular weight is 257 g/mol. The lowest BCUT2D eigenvalue weighted by atomic mass is 10.1. The molecule has 19 heavy (non-hydrogen) atoms. The first-order valence-corrected chi connectivity index (χ1v) is 7.70. The van der Waals surface area contributed by atoms with Gasteiger partial charge in [0.05, 0.1) is 0 Å². The van der Waals surface area contributed by atoms with E-state index in [0.717, 1.165) is 6.04 Å². The van der Waals surface area contributed by atoms with E-state index in [1.165, 1.54) is 63.2 Å². The van der Waals surface area contributed by atoms with E-state index >= 15 is 0 Å². The number of fused-ring (bicyclic) bond motifs is 2. The summed E-state index contributed by atoms with van der Waals surface area (Å²) >= 11 is 0. The number of anilines is 1. The van der Waals surface area contributed by atoms with Gasteiger partial charge in [0.25, 0.3) is 0 Å². The van der Waals surface area contributed by atoms with Crippen molar-refractivity contribution in [3.63, 3.8) is 0 Å². The van der Waals surface area contributed by atoms with Gasteiger partial charge in [-0.05, 0) is 37.4 Å². The summed E-state index contributed by atoms with van der Waals surface area (Å²) in [5, 5.41) is 3.76. The minimum atomic E-state index is 0.639. The highest BCUT2D eigenvalue weighted by Gasteiger charge is 2.32. The second kappa shape index (κ2) is 4.80. The second-order valence-electron chi connectivity index (χ2n) is 6.22. The molecule has 1 aromatic carbocycles. The Bertz CT molecular complexity index is 459. The molecule has 3 aliphatic heterocycles. The van der Waals surface area contributed by atoms with Gasteiger partial charge in [0, 0.05) is 44.0 Å². The van der Waals surface area contributed by atoms with E-state index in [-0.39, 0.29) is 0 Å². The smallest absolute Gasteiger partial charge is 0.0400 e. The normalized spacial score (nSPS) is 30.4. The molecule has 1 aromatic rings. The molecule has 0 spiro atoms. The van der Waals surface area contributed by atoms with Crippen molar-refractivity contribution in [1.29, 1.82) is 0 Å². The van der Waals surface area contributed by atoms with E-state index in [1.54, 1.807) is 0 Å². The molecule has 0 aliphatic carbocycles. The molecule has 0 aromatic heterocycles. The third-order valence-corrected chi connectivity index (χ3v) is 5.02. The molecule has 3 heteroatoms. The van der Waals surface area contributed by atoms with E-state index < -0.39 is 0 Å². The van der Waals surface area contributed by atoms with Crippen LogP contribution in [0.2, 0.25) is 0 Å². The Hall–Kier alpha value is -1.06. The van der Waals surface area contributed by atoms with Gasteiger partial charge in [0.15, 0.2) is 0 Å². The minimum Gasteiger partial charge on any atom is -0.369 e. The molecule has 4 rings (SSSR count). The van der Waals surface area contributed by atoms with Gasteiger partial charge in [0.1, 0.15) is 0 Å². The molecule has 102 valence electrons. The average Bonchev–Trinajstić information content (AvgIpc) is 3.06. The largest absolute Gasteiger partial charge is 0.369 e. The van der Waals surface area contributed by atoms with Gasteiger partial charge in [-0.1, -0.05) is 18.2 Å². The maximum absolute atomic E-state index is 3.76. The Kier molecular flexibility index (Phi) is 2.97. The Labute approximate surface area is 115 Å². The van der Waals surface area contributed by atoms with E-state index in [4.69, 9.17) is 0 Å². The van der Waals surface area contributed by atoms with Crippen molar-refractivity contribution in [2.24, 2.45) is 0 Å². The third kappa shape index (κ3) is 2.15. The Balaban J connectivity index is 1.43. The Morgan fingerprint density at radius 3 is 3.16 bits per heavy atom. The van der Waals surface area contributed by atoms with Crippen LogP contribution in [-0.2, 0) is 6.42 Å². The molecule has 0 amide bonds. The summed E-state index contributed by atoms with van der Waals surface area (Å²) in [6.45, 7) is 6.12. The summed E-state index contributed by atoms with van der Waals surface area (Å²) in [5.41, 5.74) is 2.99. The maximum atomic E-state index is 3.76. The number of rotatable bonds is 2. The summed E-state index contributed by atoms with van der Waals surface area (Å²) in [5.74, 6) is 0. The molecule has 3 heterocycles. The van der Waals surface area contributed by atoms with Gasteiger partial charge in [-0.25, -0.2) is 0 Å². The summed E-state index contributed by atoms with van der Waals surface area (Å²) in [6, 6.07) is 10.4. The number of para-hydroxylation sites is 1. The van der Waals surface area contributed by atoms with Crippen molar-refractivity contribution in [3.05, 3.63) is 29.8 Å². The molecule has 2 atom stereocenters. The van der Waals surface area contributed by atoms with Crippen LogP contribution in [0.4, 0.5) is 5.69 Å². The highest BCUT2D eigenvalue weighted by Crippen LogP contribution is 2.28. The van der Waals surface area contributed by atoms with Crippen LogP contribution in [0.25, 0.3) is 0 Å². The van der Waals surface area contributed by atoms with Gasteiger partial charge in [-0.15, -0.1) is 0 Å². The molecular weight excluding hydrogens is 234 g/mol. The predicted octanol–water partition coefficient (Wildman–Crippen LogP) is 1.49. The van der Waals surface area contributed by atoms with Crippen LogP contribution in [-0.4, -0.2) is 49.7 Å². The fourth-order valence-corrected chi connectivity index (χ4v) is 4.00. The van der Waals surface area contributed by atoms with Crippen LogP contribution < -0.4 is 10.2 Å². The van der Waals surface area contributed by atoms with Crippen LogP contribution in [0, 0.1) is 0 Å². The molecule has 1 N–H and O–H groups in total. The van der Waals surface area contributed by atoms with E-state index in [1.807, 2.05) is 0 Å². The van der Waals surface area contributed by atoms with Crippen molar-refractivity contribution in [1.82, 2.24) is 10.2 Å². The quantitative estimate of drug-likeness (QED) is 0.866. The fraction of sp³-hybridized carbons (Fsp3) is 0.625. The molecule has 3 aliphatic rings. The lowest BCUT2D eigenvalue weighted by Gasteiger charge is -2.38. The van der Waals surface area contributed by atoms with Gasteiger partial charge in [-0.3, -0.25) is 4.90 Å². The van der Waals surface area contributed by atoms with Gasteiger partial charge >= 0.3 is 0 Å². The van der Waals surface area contributed by atoms with E-state index in [0.29, 0.717) is 6.04 Å². The van der Waals surface area contributed by atoms with Crippen molar-refractivity contribution in [2.45, 2.75) is 31.3 Å². The highest BCUT2D eigenvalue weighted by molar-refractivity contribution is 5.57. The first-order chi connectivity index (χ1) is 9.40. The maximum Gasteiger partial charge on any atom is 0.0400 e. The third-order valence-electron chi connectivity index (χ3n) is 5.02. The Morgan fingerprint density at radius 1 is 1.21 bits per heavy atom. The first kappa shape index (κ1) is 11.7. The molecule has 2 fully saturated rings. The standard InChI is InChI=1S/C16H23N3/c1-2-6-16-13(4-1)7-9-19(16)12-14-11-18-8-3-5-15(18)10-17-14/h1-2,4,6,14-15,17H,3,5,7-12H2/t14-,15+/m0/s1. The molecule has 0 radical (unpaired) electrons. The zero-order valence-electron chi connectivity index (χ0n) is 11.5. The number of benzene rings is 1. The van der Waals surface area contributed by atoms with Crippen LogP contribution in [0.15, 0.2) is 24.3 Å². The molecule has 0 saturated carbocycles. The van der Waals surface area contributed by atoms with E-state index in [2.05, 4.69) is 39.4 Å². The first-order valence-electron chi connectivity index (χ1n) is 7.70. The van der Waals surface area contributed by atoms with Gasteiger partial charge < -0.3 is 10.2 Å².